The number of nitrogens with one attached hydrogen (secondary N) is 1. The first-order chi connectivity index (χ1) is 15.2. The van der Waals surface area contributed by atoms with Gasteiger partial charge in [-0.25, -0.2) is 0 Å². The van der Waals surface area contributed by atoms with Gasteiger partial charge >= 0.3 is 6.18 Å². The molecule has 1 aromatic heterocycles. The largest absolute Gasteiger partial charge is 0.418 e. The van der Waals surface area contributed by atoms with Crippen molar-refractivity contribution in [2.45, 2.75) is 25.1 Å². The zero-order valence-electron chi connectivity index (χ0n) is 16.9. The van der Waals surface area contributed by atoms with Crippen molar-refractivity contribution in [3.63, 3.8) is 0 Å². The second-order valence-corrected chi connectivity index (χ2v) is 8.57. The van der Waals surface area contributed by atoms with Crippen LogP contribution in [-0.4, -0.2) is 36.4 Å². The molecule has 1 aliphatic heterocycles. The fourth-order valence-corrected chi connectivity index (χ4v) is 4.97. The Morgan fingerprint density at radius 3 is 2.78 bits per heavy atom. The normalized spacial score (nSPS) is 16.6. The number of non-ortho nitro benzene ring substituents is 1. The van der Waals surface area contributed by atoms with Gasteiger partial charge in [0.05, 0.1) is 10.5 Å². The molecule has 0 saturated carbocycles. The van der Waals surface area contributed by atoms with Gasteiger partial charge in [-0.2, -0.15) is 13.2 Å². The molecule has 0 aliphatic carbocycles. The lowest BCUT2D eigenvalue weighted by Gasteiger charge is -2.23. The Bertz CT molecular complexity index is 1160. The number of ketones is 1. The molecule has 168 valence electrons. The highest BCUT2D eigenvalue weighted by Crippen LogP contribution is 2.39. The van der Waals surface area contributed by atoms with Crippen LogP contribution in [-0.2, 0) is 6.18 Å². The Morgan fingerprint density at radius 1 is 1.25 bits per heavy atom. The van der Waals surface area contributed by atoms with Crippen molar-refractivity contribution in [3.05, 3.63) is 69.1 Å². The number of carbonyl (C=O) groups is 1. The molecule has 0 radical (unpaired) electrons. The van der Waals surface area contributed by atoms with E-state index in [0.29, 0.717) is 44.1 Å². The number of nitro benzene ring substituents is 1. The number of halogens is 3. The van der Waals surface area contributed by atoms with Crippen LogP contribution < -0.4 is 10.2 Å². The molecule has 0 unspecified atom stereocenters. The molecule has 0 amide bonds. The molecule has 2 heterocycles. The molecule has 4 rings (SSSR count). The van der Waals surface area contributed by atoms with Gasteiger partial charge < -0.3 is 10.2 Å². The minimum atomic E-state index is -4.69. The van der Waals surface area contributed by atoms with Crippen LogP contribution >= 0.6 is 11.3 Å². The molecule has 10 heteroatoms. The van der Waals surface area contributed by atoms with Crippen LogP contribution in [0, 0.1) is 10.1 Å². The predicted octanol–water partition coefficient (Wildman–Crippen LogP) is 5.27. The first-order valence-corrected chi connectivity index (χ1v) is 11.0. The van der Waals surface area contributed by atoms with Gasteiger partial charge in [-0.3, -0.25) is 14.9 Å². The van der Waals surface area contributed by atoms with Gasteiger partial charge in [0.25, 0.3) is 5.69 Å². The summed E-state index contributed by atoms with van der Waals surface area (Å²) in [6.45, 7) is 1.14. The van der Waals surface area contributed by atoms with E-state index in [-0.39, 0.29) is 17.5 Å². The Hall–Kier alpha value is -2.98. The van der Waals surface area contributed by atoms with E-state index >= 15 is 0 Å². The number of carbonyl (C=O) groups excluding carboxylic acids is 1. The average molecular weight is 463 g/mol. The smallest absolute Gasteiger partial charge is 0.369 e. The Kier molecular flexibility index (Phi) is 6.16. The first kappa shape index (κ1) is 22.2. The first-order valence-electron chi connectivity index (χ1n) is 10.1. The molecule has 0 spiro atoms. The van der Waals surface area contributed by atoms with Crippen molar-refractivity contribution in [2.24, 2.45) is 0 Å². The number of rotatable bonds is 7. The van der Waals surface area contributed by atoms with E-state index in [0.717, 1.165) is 22.2 Å². The van der Waals surface area contributed by atoms with Crippen LogP contribution in [0.3, 0.4) is 0 Å². The number of fused-ring (bicyclic) bond motifs is 1. The number of nitrogens with zero attached hydrogens (tertiary/aromatic N) is 2. The topological polar surface area (TPSA) is 75.5 Å². The van der Waals surface area contributed by atoms with E-state index in [1.165, 1.54) is 11.3 Å². The van der Waals surface area contributed by atoms with Gasteiger partial charge in [-0.05, 0) is 18.6 Å². The Balaban J connectivity index is 1.37. The summed E-state index contributed by atoms with van der Waals surface area (Å²) in [5.74, 6) is 0.0273. The third-order valence-corrected chi connectivity index (χ3v) is 6.56. The van der Waals surface area contributed by atoms with Gasteiger partial charge in [0.1, 0.15) is 0 Å². The highest BCUT2D eigenvalue weighted by atomic mass is 32.1. The molecule has 3 aromatic rings. The van der Waals surface area contributed by atoms with Crippen LogP contribution in [0.4, 0.5) is 24.5 Å². The monoisotopic (exact) mass is 463 g/mol. The summed E-state index contributed by atoms with van der Waals surface area (Å²) in [4.78, 5) is 24.2. The lowest BCUT2D eigenvalue weighted by molar-refractivity contribution is -0.385. The zero-order valence-corrected chi connectivity index (χ0v) is 17.7. The Labute approximate surface area is 185 Å². The fraction of sp³-hybridized carbons (Fsp3) is 0.318. The zero-order chi connectivity index (χ0) is 22.9. The lowest BCUT2D eigenvalue weighted by atomic mass is 10.1. The van der Waals surface area contributed by atoms with Gasteiger partial charge in [0.2, 0.25) is 0 Å². The summed E-state index contributed by atoms with van der Waals surface area (Å²) in [5, 5.41) is 16.9. The number of anilines is 1. The van der Waals surface area contributed by atoms with Crippen molar-refractivity contribution >= 4 is 38.6 Å². The summed E-state index contributed by atoms with van der Waals surface area (Å²) < 4.78 is 41.5. The van der Waals surface area contributed by atoms with Crippen LogP contribution in [0.2, 0.25) is 0 Å². The SMILES string of the molecule is O=C(CCN[C@H]1CCN(c2ccc([N+](=O)[O-])cc2C(F)(F)F)C1)c1csc2ccccc12. The lowest BCUT2D eigenvalue weighted by Crippen LogP contribution is -2.34. The van der Waals surface area contributed by atoms with Crippen LogP contribution in [0.5, 0.6) is 0 Å². The van der Waals surface area contributed by atoms with E-state index in [1.54, 1.807) is 4.90 Å². The summed E-state index contributed by atoms with van der Waals surface area (Å²) in [7, 11) is 0. The summed E-state index contributed by atoms with van der Waals surface area (Å²) in [6, 6.07) is 10.5. The molecular weight excluding hydrogens is 443 g/mol. The quantitative estimate of drug-likeness (QED) is 0.294. The molecule has 0 bridgehead atoms. The maximum absolute atomic E-state index is 13.5. The van der Waals surface area contributed by atoms with Crippen LogP contribution in [0.25, 0.3) is 10.1 Å². The number of nitro groups is 1. The van der Waals surface area contributed by atoms with Crippen molar-refractivity contribution in [2.75, 3.05) is 24.5 Å². The minimum absolute atomic E-state index is 0.0273. The standard InChI is InChI=1S/C22H20F3N3O3S/c23-22(24,25)18-11-15(28(30)31)5-6-19(18)27-10-8-14(12-27)26-9-7-20(29)17-13-32-21-4-2-1-3-16(17)21/h1-6,11,13-14,26H,7-10,12H2/t14-/m0/s1. The second kappa shape index (κ2) is 8.87. The fourth-order valence-electron chi connectivity index (χ4n) is 4.00. The molecular formula is C22H20F3N3O3S. The maximum Gasteiger partial charge on any atom is 0.418 e. The van der Waals surface area contributed by atoms with Crippen molar-refractivity contribution in [1.29, 1.82) is 0 Å². The van der Waals surface area contributed by atoms with Crippen molar-refractivity contribution < 1.29 is 22.9 Å². The minimum Gasteiger partial charge on any atom is -0.369 e. The summed E-state index contributed by atoms with van der Waals surface area (Å²) in [6.07, 6.45) is -3.78. The molecule has 1 saturated heterocycles. The summed E-state index contributed by atoms with van der Waals surface area (Å²) in [5.41, 5.74) is -0.962. The van der Waals surface area contributed by atoms with Gasteiger partial charge in [-0.1, -0.05) is 18.2 Å². The van der Waals surface area contributed by atoms with E-state index < -0.39 is 22.4 Å². The van der Waals surface area contributed by atoms with E-state index in [9.17, 15) is 28.1 Å². The third-order valence-electron chi connectivity index (χ3n) is 5.59. The van der Waals surface area contributed by atoms with Gasteiger partial charge in [0, 0.05) is 70.9 Å². The van der Waals surface area contributed by atoms with Crippen LogP contribution in [0.15, 0.2) is 47.8 Å². The van der Waals surface area contributed by atoms with Gasteiger partial charge in [-0.15, -0.1) is 11.3 Å². The maximum atomic E-state index is 13.5. The number of Topliss-reactive ketones (excluding diaryl/α,β-unsaturated/α-hetero) is 1. The summed E-state index contributed by atoms with van der Waals surface area (Å²) >= 11 is 1.52. The average Bonchev–Trinajstić information content (AvgIpc) is 3.40. The molecule has 1 atom stereocenters. The third kappa shape index (κ3) is 4.61. The number of thiophene rings is 1. The highest BCUT2D eigenvalue weighted by molar-refractivity contribution is 7.17. The molecule has 1 aliphatic rings. The van der Waals surface area contributed by atoms with Gasteiger partial charge in [0.15, 0.2) is 5.78 Å². The number of benzene rings is 2. The molecule has 2 aromatic carbocycles. The second-order valence-electron chi connectivity index (χ2n) is 7.66. The predicted molar refractivity (Wildman–Crippen MR) is 117 cm³/mol. The van der Waals surface area contributed by atoms with Crippen LogP contribution in [0.1, 0.15) is 28.8 Å². The van der Waals surface area contributed by atoms with E-state index in [1.807, 2.05) is 29.6 Å². The molecule has 1 N–H and O–H groups in total. The van der Waals surface area contributed by atoms with E-state index in [2.05, 4.69) is 5.32 Å². The van der Waals surface area contributed by atoms with Crippen molar-refractivity contribution in [1.82, 2.24) is 5.32 Å². The number of hydrogen-bond donors (Lipinski definition) is 1. The van der Waals surface area contributed by atoms with Crippen molar-refractivity contribution in [3.8, 4) is 0 Å². The molecule has 1 fully saturated rings. The highest BCUT2D eigenvalue weighted by Gasteiger charge is 2.38. The van der Waals surface area contributed by atoms with E-state index in [4.69, 9.17) is 0 Å². The Morgan fingerprint density at radius 2 is 2.03 bits per heavy atom. The molecule has 6 nitrogen and oxygen atoms in total. The molecule has 32 heavy (non-hydrogen) atoms. The number of alkyl halides is 3. The number of hydrogen-bond acceptors (Lipinski definition) is 6.